The van der Waals surface area contributed by atoms with Crippen LogP contribution in [0.25, 0.3) is 0 Å². The fourth-order valence-corrected chi connectivity index (χ4v) is 3.72. The summed E-state index contributed by atoms with van der Waals surface area (Å²) in [6.07, 6.45) is 1.28. The number of hydrogen-bond acceptors (Lipinski definition) is 3. The van der Waals surface area contributed by atoms with Gasteiger partial charge in [-0.2, -0.15) is 0 Å². The molecule has 4 heteroatoms. The number of imidazole rings is 1. The second-order valence-electron chi connectivity index (χ2n) is 7.08. The van der Waals surface area contributed by atoms with E-state index in [1.807, 2.05) is 0 Å². The van der Waals surface area contributed by atoms with Gasteiger partial charge in [-0.3, -0.25) is 0 Å². The Morgan fingerprint density at radius 3 is 2.71 bits per heavy atom. The molecule has 1 aliphatic heterocycles. The van der Waals surface area contributed by atoms with Crippen LogP contribution in [0.5, 0.6) is 0 Å². The van der Waals surface area contributed by atoms with Crippen LogP contribution in [0.2, 0.25) is 0 Å². The maximum absolute atomic E-state index is 4.63. The predicted octanol–water partition coefficient (Wildman–Crippen LogP) is 2.92. The summed E-state index contributed by atoms with van der Waals surface area (Å²) in [4.78, 5) is 7.21. The van der Waals surface area contributed by atoms with Crippen LogP contribution >= 0.6 is 0 Å². The molecular weight excluding hydrogens is 296 g/mol. The Kier molecular flexibility index (Phi) is 5.36. The van der Waals surface area contributed by atoms with Gasteiger partial charge in [0, 0.05) is 32.4 Å². The van der Waals surface area contributed by atoms with Crippen molar-refractivity contribution in [3.63, 3.8) is 0 Å². The SMILES string of the molecule is Cc1ccccc1C1CCN(CCNCc2nc(C)c(C)n2C)C1. The first kappa shape index (κ1) is 17.2. The highest BCUT2D eigenvalue weighted by Crippen LogP contribution is 2.28. The Bertz CT molecular complexity index is 689. The fraction of sp³-hybridized carbons (Fsp3) is 0.550. The Balaban J connectivity index is 1.43. The number of aromatic nitrogens is 2. The molecule has 0 spiro atoms. The third-order valence-electron chi connectivity index (χ3n) is 5.50. The lowest BCUT2D eigenvalue weighted by atomic mass is 9.94. The maximum Gasteiger partial charge on any atom is 0.122 e. The zero-order chi connectivity index (χ0) is 17.1. The number of aryl methyl sites for hydroxylation is 2. The van der Waals surface area contributed by atoms with E-state index in [1.165, 1.54) is 36.3 Å². The van der Waals surface area contributed by atoms with E-state index in [9.17, 15) is 0 Å². The summed E-state index contributed by atoms with van der Waals surface area (Å²) in [7, 11) is 2.10. The van der Waals surface area contributed by atoms with Gasteiger partial charge in [-0.1, -0.05) is 24.3 Å². The molecule has 130 valence electrons. The molecule has 1 N–H and O–H groups in total. The van der Waals surface area contributed by atoms with Crippen LogP contribution in [-0.2, 0) is 13.6 Å². The highest BCUT2D eigenvalue weighted by molar-refractivity contribution is 5.30. The molecule has 4 nitrogen and oxygen atoms in total. The summed E-state index contributed by atoms with van der Waals surface area (Å²) in [5, 5.41) is 3.55. The normalized spacial score (nSPS) is 18.4. The Morgan fingerprint density at radius 2 is 2.00 bits per heavy atom. The van der Waals surface area contributed by atoms with Crippen molar-refractivity contribution in [2.75, 3.05) is 26.2 Å². The molecule has 24 heavy (non-hydrogen) atoms. The molecule has 1 unspecified atom stereocenters. The van der Waals surface area contributed by atoms with E-state index in [0.717, 1.165) is 31.2 Å². The van der Waals surface area contributed by atoms with Crippen LogP contribution in [0.1, 0.15) is 40.7 Å². The summed E-state index contributed by atoms with van der Waals surface area (Å²) in [5.41, 5.74) is 5.36. The average Bonchev–Trinajstić information content (AvgIpc) is 3.13. The van der Waals surface area contributed by atoms with Crippen LogP contribution in [0.4, 0.5) is 0 Å². The Hall–Kier alpha value is -1.65. The van der Waals surface area contributed by atoms with Gasteiger partial charge in [-0.15, -0.1) is 0 Å². The van der Waals surface area contributed by atoms with Gasteiger partial charge in [0.15, 0.2) is 0 Å². The Labute approximate surface area is 145 Å². The summed E-state index contributed by atoms with van der Waals surface area (Å²) < 4.78 is 2.19. The first-order valence-corrected chi connectivity index (χ1v) is 9.03. The second-order valence-corrected chi connectivity index (χ2v) is 7.08. The number of rotatable bonds is 6. The summed E-state index contributed by atoms with van der Waals surface area (Å²) in [6, 6.07) is 8.84. The number of benzene rings is 1. The number of nitrogens with zero attached hydrogens (tertiary/aromatic N) is 3. The fourth-order valence-electron chi connectivity index (χ4n) is 3.72. The number of likely N-dealkylation sites (tertiary alicyclic amines) is 1. The van der Waals surface area contributed by atoms with Crippen molar-refractivity contribution in [3.8, 4) is 0 Å². The van der Waals surface area contributed by atoms with Crippen molar-refractivity contribution in [3.05, 3.63) is 52.6 Å². The largest absolute Gasteiger partial charge is 0.334 e. The lowest BCUT2D eigenvalue weighted by Gasteiger charge is -2.17. The molecule has 0 radical (unpaired) electrons. The minimum atomic E-state index is 0.700. The smallest absolute Gasteiger partial charge is 0.122 e. The number of nitrogens with one attached hydrogen (secondary N) is 1. The molecule has 2 heterocycles. The highest BCUT2D eigenvalue weighted by atomic mass is 15.2. The van der Waals surface area contributed by atoms with Gasteiger partial charge in [0.1, 0.15) is 5.82 Å². The molecule has 1 fully saturated rings. The van der Waals surface area contributed by atoms with Gasteiger partial charge in [-0.25, -0.2) is 4.98 Å². The molecule has 1 atom stereocenters. The molecule has 0 aliphatic carbocycles. The van der Waals surface area contributed by atoms with E-state index in [4.69, 9.17) is 0 Å². The van der Waals surface area contributed by atoms with Gasteiger partial charge >= 0.3 is 0 Å². The second kappa shape index (κ2) is 7.49. The molecule has 0 bridgehead atoms. The van der Waals surface area contributed by atoms with Crippen LogP contribution in [-0.4, -0.2) is 40.6 Å². The van der Waals surface area contributed by atoms with Gasteiger partial charge in [0.2, 0.25) is 0 Å². The third-order valence-corrected chi connectivity index (χ3v) is 5.50. The van der Waals surface area contributed by atoms with Crippen molar-refractivity contribution >= 4 is 0 Å². The van der Waals surface area contributed by atoms with Gasteiger partial charge in [0.25, 0.3) is 0 Å². The summed E-state index contributed by atoms with van der Waals surface area (Å²) >= 11 is 0. The van der Waals surface area contributed by atoms with Crippen LogP contribution in [0.15, 0.2) is 24.3 Å². The van der Waals surface area contributed by atoms with Gasteiger partial charge in [-0.05, 0) is 50.8 Å². The van der Waals surface area contributed by atoms with Crippen molar-refractivity contribution < 1.29 is 0 Å². The summed E-state index contributed by atoms with van der Waals surface area (Å²) in [6.45, 7) is 11.8. The van der Waals surface area contributed by atoms with E-state index in [2.05, 4.69) is 71.9 Å². The third kappa shape index (κ3) is 3.70. The van der Waals surface area contributed by atoms with Crippen molar-refractivity contribution in [1.82, 2.24) is 19.8 Å². The monoisotopic (exact) mass is 326 g/mol. The van der Waals surface area contributed by atoms with Crippen LogP contribution in [0.3, 0.4) is 0 Å². The number of hydrogen-bond donors (Lipinski definition) is 1. The lowest BCUT2D eigenvalue weighted by Crippen LogP contribution is -2.30. The van der Waals surface area contributed by atoms with Crippen molar-refractivity contribution in [1.29, 1.82) is 0 Å². The average molecular weight is 326 g/mol. The minimum Gasteiger partial charge on any atom is -0.334 e. The topological polar surface area (TPSA) is 33.1 Å². The van der Waals surface area contributed by atoms with Crippen LogP contribution < -0.4 is 5.32 Å². The standard InChI is InChI=1S/C20H30N4/c1-15-7-5-6-8-19(15)18-9-11-24(14-18)12-10-21-13-20-22-16(2)17(3)23(20)4/h5-8,18,21H,9-14H2,1-4H3. The van der Waals surface area contributed by atoms with E-state index in [-0.39, 0.29) is 0 Å². The van der Waals surface area contributed by atoms with E-state index in [0.29, 0.717) is 5.92 Å². The minimum absolute atomic E-state index is 0.700. The molecule has 1 aromatic heterocycles. The van der Waals surface area contributed by atoms with E-state index >= 15 is 0 Å². The van der Waals surface area contributed by atoms with Crippen LogP contribution in [0, 0.1) is 20.8 Å². The van der Waals surface area contributed by atoms with E-state index in [1.54, 1.807) is 0 Å². The molecule has 1 aliphatic rings. The highest BCUT2D eigenvalue weighted by Gasteiger charge is 2.24. The molecule has 1 saturated heterocycles. The molecule has 2 aromatic rings. The predicted molar refractivity (Wildman–Crippen MR) is 99.4 cm³/mol. The Morgan fingerprint density at radius 1 is 1.21 bits per heavy atom. The maximum atomic E-state index is 4.63. The molecule has 3 rings (SSSR count). The van der Waals surface area contributed by atoms with Crippen molar-refractivity contribution in [2.45, 2.75) is 39.7 Å². The molecule has 1 aromatic carbocycles. The van der Waals surface area contributed by atoms with Gasteiger partial charge in [0.05, 0.1) is 12.2 Å². The lowest BCUT2D eigenvalue weighted by molar-refractivity contribution is 0.330. The molecule has 0 saturated carbocycles. The molecule has 0 amide bonds. The van der Waals surface area contributed by atoms with E-state index < -0.39 is 0 Å². The zero-order valence-corrected chi connectivity index (χ0v) is 15.5. The zero-order valence-electron chi connectivity index (χ0n) is 15.5. The molecular formula is C20H30N4. The van der Waals surface area contributed by atoms with Crippen molar-refractivity contribution in [2.24, 2.45) is 7.05 Å². The quantitative estimate of drug-likeness (QED) is 0.829. The first-order chi connectivity index (χ1) is 11.6. The summed E-state index contributed by atoms with van der Waals surface area (Å²) in [5.74, 6) is 1.83. The van der Waals surface area contributed by atoms with Gasteiger partial charge < -0.3 is 14.8 Å². The first-order valence-electron chi connectivity index (χ1n) is 9.03.